The fraction of sp³-hybridized carbons (Fsp3) is 0.500. The smallest absolute Gasteiger partial charge is 0.300 e. The summed E-state index contributed by atoms with van der Waals surface area (Å²) in [6.07, 6.45) is 0. The quantitative estimate of drug-likeness (QED) is 0.244. The molecule has 0 aliphatic heterocycles. The van der Waals surface area contributed by atoms with E-state index in [2.05, 4.69) is 11.8 Å². The van der Waals surface area contributed by atoms with Gasteiger partial charge in [-0.15, -0.1) is 0 Å². The average molecular weight is 204 g/mol. The highest BCUT2D eigenvalue weighted by molar-refractivity contribution is 5.63. The maximum absolute atomic E-state index is 9.00. The van der Waals surface area contributed by atoms with Crippen LogP contribution in [0.15, 0.2) is 0 Å². The van der Waals surface area contributed by atoms with Crippen molar-refractivity contribution in [1.29, 1.82) is 0 Å². The van der Waals surface area contributed by atoms with E-state index in [9.17, 15) is 0 Å². The third-order valence-electron chi connectivity index (χ3n) is 0. The van der Waals surface area contributed by atoms with Crippen molar-refractivity contribution in [3.63, 3.8) is 0 Å². The van der Waals surface area contributed by atoms with E-state index in [0.29, 0.717) is 0 Å². The van der Waals surface area contributed by atoms with Gasteiger partial charge in [0.1, 0.15) is 0 Å². The zero-order valence-corrected chi connectivity index (χ0v) is 7.26. The van der Waals surface area contributed by atoms with Crippen molar-refractivity contribution in [3.05, 3.63) is 0 Å². The normalized spacial score (nSPS) is 4.77. The van der Waals surface area contributed by atoms with Crippen molar-refractivity contribution in [2.24, 2.45) is 11.8 Å². The van der Waals surface area contributed by atoms with Crippen molar-refractivity contribution < 1.29 is 35.7 Å². The van der Waals surface area contributed by atoms with E-state index in [0.717, 1.165) is 13.8 Å². The van der Waals surface area contributed by atoms with Crippen LogP contribution in [0, 0.1) is 0 Å². The molecule has 0 aromatic rings. The Morgan fingerprint density at radius 3 is 0.846 bits per heavy atom. The van der Waals surface area contributed by atoms with Crippen LogP contribution in [-0.4, -0.2) is 38.0 Å². The fourth-order valence-electron chi connectivity index (χ4n) is 0. The Hall–Kier alpha value is -1.26. The third-order valence-corrected chi connectivity index (χ3v) is 0. The Bertz CT molecular complexity index is 76.5. The molecular weight excluding hydrogens is 188 g/mol. The number of rotatable bonds is 0. The van der Waals surface area contributed by atoms with Gasteiger partial charge in [0.2, 0.25) is 0 Å². The lowest BCUT2D eigenvalue weighted by Gasteiger charge is -1.59. The van der Waals surface area contributed by atoms with Gasteiger partial charge in [0.05, 0.1) is 0 Å². The van der Waals surface area contributed by atoms with Gasteiger partial charge in [-0.3, -0.25) is 9.59 Å². The van der Waals surface area contributed by atoms with Crippen LogP contribution in [0.5, 0.6) is 0 Å². The summed E-state index contributed by atoms with van der Waals surface area (Å²) in [6.45, 7) is 2.17. The van der Waals surface area contributed by atoms with E-state index in [1.54, 1.807) is 0 Å². The highest BCUT2D eigenvalue weighted by Crippen LogP contribution is 1.42. The van der Waals surface area contributed by atoms with Crippen LogP contribution in [0.3, 0.4) is 0 Å². The molecule has 0 saturated carbocycles. The molecular formula is C4H16N2O7. The molecule has 0 aliphatic carbocycles. The maximum Gasteiger partial charge on any atom is 0.300 e. The number of aliphatic carboxylic acids is 2. The van der Waals surface area contributed by atoms with Crippen LogP contribution in [0.2, 0.25) is 0 Å². The Balaban J connectivity index is -0.0000000226. The summed E-state index contributed by atoms with van der Waals surface area (Å²) in [5.41, 5.74) is 0. The SMILES string of the molecule is CC(=O)O.CC(=O)O.NO.NO.O. The summed E-state index contributed by atoms with van der Waals surface area (Å²) in [5.74, 6) is 5.33. The standard InChI is InChI=1S/2C2H4O2.2H3NO.H2O/c2*1-2(3)4;2*1-2;/h2*1H3,(H,3,4);2*2H,1H2;1H2. The van der Waals surface area contributed by atoms with Crippen LogP contribution in [0.4, 0.5) is 0 Å². The van der Waals surface area contributed by atoms with Crippen LogP contribution in [0.25, 0.3) is 0 Å². The van der Waals surface area contributed by atoms with E-state index >= 15 is 0 Å². The molecule has 0 saturated heterocycles. The van der Waals surface area contributed by atoms with Crippen LogP contribution in [-0.2, 0) is 9.59 Å². The first-order valence-electron chi connectivity index (χ1n) is 2.37. The fourth-order valence-corrected chi connectivity index (χ4v) is 0. The van der Waals surface area contributed by atoms with Gasteiger partial charge in [0.15, 0.2) is 0 Å². The molecule has 9 heteroatoms. The van der Waals surface area contributed by atoms with Gasteiger partial charge in [0.25, 0.3) is 11.9 Å². The summed E-state index contributed by atoms with van der Waals surface area (Å²) in [7, 11) is 0. The molecule has 0 bridgehead atoms. The summed E-state index contributed by atoms with van der Waals surface area (Å²) >= 11 is 0. The second-order valence-electron chi connectivity index (χ2n) is 1.04. The maximum atomic E-state index is 9.00. The van der Waals surface area contributed by atoms with Crippen LogP contribution in [0.1, 0.15) is 13.8 Å². The summed E-state index contributed by atoms with van der Waals surface area (Å²) in [5, 5.41) is 27.8. The van der Waals surface area contributed by atoms with E-state index in [1.165, 1.54) is 0 Å². The largest absolute Gasteiger partial charge is 0.481 e. The molecule has 0 fully saturated rings. The van der Waals surface area contributed by atoms with Crippen molar-refractivity contribution in [2.75, 3.05) is 0 Å². The highest BCUT2D eigenvalue weighted by Gasteiger charge is 1.65. The molecule has 84 valence electrons. The molecule has 0 aromatic heterocycles. The highest BCUT2D eigenvalue weighted by atomic mass is 16.4. The number of hydrogen-bond acceptors (Lipinski definition) is 6. The molecule has 0 spiro atoms. The average Bonchev–Trinajstić information content (AvgIpc) is 1.93. The first-order valence-corrected chi connectivity index (χ1v) is 2.37. The molecule has 0 unspecified atom stereocenters. The van der Waals surface area contributed by atoms with Crippen molar-refractivity contribution in [1.82, 2.24) is 0 Å². The molecule has 0 heterocycles. The number of nitrogens with two attached hydrogens (primary N) is 2. The van der Waals surface area contributed by atoms with Gasteiger partial charge in [0, 0.05) is 13.8 Å². The zero-order chi connectivity index (χ0) is 11.2. The van der Waals surface area contributed by atoms with Crippen LogP contribution < -0.4 is 11.8 Å². The predicted molar refractivity (Wildman–Crippen MR) is 42.2 cm³/mol. The summed E-state index contributed by atoms with van der Waals surface area (Å²) in [4.78, 5) is 18.0. The Labute approximate surface area is 74.4 Å². The first-order chi connectivity index (χ1) is 5.46. The van der Waals surface area contributed by atoms with E-state index in [-0.39, 0.29) is 5.48 Å². The van der Waals surface area contributed by atoms with Gasteiger partial charge in [-0.2, -0.15) is 0 Å². The lowest BCUT2D eigenvalue weighted by Crippen LogP contribution is -1.78. The van der Waals surface area contributed by atoms with E-state index < -0.39 is 11.9 Å². The van der Waals surface area contributed by atoms with E-state index in [1.807, 2.05) is 0 Å². The molecule has 0 aliphatic rings. The monoisotopic (exact) mass is 204 g/mol. The second-order valence-corrected chi connectivity index (χ2v) is 1.04. The van der Waals surface area contributed by atoms with Crippen LogP contribution >= 0.6 is 0 Å². The molecule has 0 rings (SSSR count). The molecule has 0 radical (unpaired) electrons. The summed E-state index contributed by atoms with van der Waals surface area (Å²) in [6, 6.07) is 0. The number of carboxylic acid groups (broad SMARTS) is 2. The minimum absolute atomic E-state index is 0. The third kappa shape index (κ3) is 517. The van der Waals surface area contributed by atoms with Crippen molar-refractivity contribution >= 4 is 11.9 Å². The summed E-state index contributed by atoms with van der Waals surface area (Å²) < 4.78 is 0. The predicted octanol–water partition coefficient (Wildman–Crippen LogP) is -1.97. The van der Waals surface area contributed by atoms with Crippen molar-refractivity contribution in [3.8, 4) is 0 Å². The zero-order valence-electron chi connectivity index (χ0n) is 7.26. The minimum atomic E-state index is -0.833. The molecule has 0 aromatic carbocycles. The Kier molecular flexibility index (Phi) is 104. The first kappa shape index (κ1) is 29.8. The Morgan fingerprint density at radius 1 is 0.846 bits per heavy atom. The lowest BCUT2D eigenvalue weighted by atomic mass is 10.9. The number of carboxylic acids is 2. The number of hydrogen-bond donors (Lipinski definition) is 6. The Morgan fingerprint density at radius 2 is 0.846 bits per heavy atom. The molecule has 10 N–H and O–H groups in total. The molecule has 13 heavy (non-hydrogen) atoms. The van der Waals surface area contributed by atoms with Crippen molar-refractivity contribution in [2.45, 2.75) is 13.8 Å². The van der Waals surface area contributed by atoms with Gasteiger partial charge in [-0.1, -0.05) is 0 Å². The van der Waals surface area contributed by atoms with Gasteiger partial charge < -0.3 is 26.1 Å². The lowest BCUT2D eigenvalue weighted by molar-refractivity contribution is -0.135. The molecule has 0 atom stereocenters. The molecule has 9 nitrogen and oxygen atoms in total. The number of carbonyl (C=O) groups is 2. The van der Waals surface area contributed by atoms with Gasteiger partial charge >= 0.3 is 0 Å². The minimum Gasteiger partial charge on any atom is -0.481 e. The van der Waals surface area contributed by atoms with Gasteiger partial charge in [-0.25, -0.2) is 11.8 Å². The van der Waals surface area contributed by atoms with E-state index in [4.69, 9.17) is 30.2 Å². The second kappa shape index (κ2) is 45.3. The molecule has 0 amide bonds. The topological polar surface area (TPSA) is 199 Å². The van der Waals surface area contributed by atoms with Gasteiger partial charge in [-0.05, 0) is 0 Å².